The van der Waals surface area contributed by atoms with Crippen LogP contribution in [0.15, 0.2) is 12.1 Å². The van der Waals surface area contributed by atoms with Gasteiger partial charge in [0.05, 0.1) is 0 Å². The molecule has 2 nitrogen and oxygen atoms in total. The van der Waals surface area contributed by atoms with Gasteiger partial charge in [0.2, 0.25) is 0 Å². The van der Waals surface area contributed by atoms with Crippen LogP contribution in [0.2, 0.25) is 0 Å². The Balaban J connectivity index is 3.45. The minimum atomic E-state index is -0.470. The van der Waals surface area contributed by atoms with E-state index in [1.807, 2.05) is 0 Å². The zero-order chi connectivity index (χ0) is 9.14. The summed E-state index contributed by atoms with van der Waals surface area (Å²) in [6.07, 6.45) is 1.03. The number of carbonyl (C=O) groups is 2. The molecule has 3 heteroatoms. The summed E-state index contributed by atoms with van der Waals surface area (Å²) < 4.78 is 12.8. The van der Waals surface area contributed by atoms with Crippen molar-refractivity contribution < 1.29 is 14.0 Å². The molecule has 0 aliphatic heterocycles. The van der Waals surface area contributed by atoms with Crippen LogP contribution < -0.4 is 0 Å². The number of benzene rings is 1. The molecule has 0 amide bonds. The Bertz CT molecular complexity index is 332. The van der Waals surface area contributed by atoms with E-state index in [1.54, 1.807) is 0 Å². The second kappa shape index (κ2) is 3.26. The summed E-state index contributed by atoms with van der Waals surface area (Å²) in [5.41, 5.74) is 0.573. The number of hydrogen-bond donors (Lipinski definition) is 0. The van der Waals surface area contributed by atoms with Crippen LogP contribution in [0.4, 0.5) is 4.39 Å². The van der Waals surface area contributed by atoms with Gasteiger partial charge in [-0.1, -0.05) is 0 Å². The van der Waals surface area contributed by atoms with Gasteiger partial charge < -0.3 is 0 Å². The van der Waals surface area contributed by atoms with Crippen molar-refractivity contribution in [3.8, 4) is 0 Å². The third-order valence-corrected chi connectivity index (χ3v) is 1.73. The van der Waals surface area contributed by atoms with Crippen molar-refractivity contribution in [1.82, 2.24) is 0 Å². The average Bonchev–Trinajstić information content (AvgIpc) is 2.09. The summed E-state index contributed by atoms with van der Waals surface area (Å²) in [5.74, 6) is -0.470. The topological polar surface area (TPSA) is 34.1 Å². The summed E-state index contributed by atoms with van der Waals surface area (Å²) in [6.45, 7) is 1.46. The highest BCUT2D eigenvalue weighted by molar-refractivity contribution is 5.91. The monoisotopic (exact) mass is 166 g/mol. The van der Waals surface area contributed by atoms with Crippen LogP contribution in [0.3, 0.4) is 0 Å². The summed E-state index contributed by atoms with van der Waals surface area (Å²) in [6, 6.07) is 2.46. The molecule has 0 heterocycles. The second-order valence-electron chi connectivity index (χ2n) is 2.41. The molecule has 12 heavy (non-hydrogen) atoms. The highest BCUT2D eigenvalue weighted by Gasteiger charge is 2.07. The van der Waals surface area contributed by atoms with Crippen molar-refractivity contribution in [2.45, 2.75) is 6.92 Å². The SMILES string of the molecule is Cc1c(F)ccc(C=O)c1C=O. The van der Waals surface area contributed by atoms with Gasteiger partial charge in [-0.15, -0.1) is 0 Å². The molecule has 62 valence electrons. The Labute approximate surface area is 69.0 Å². The van der Waals surface area contributed by atoms with Gasteiger partial charge in [0.15, 0.2) is 12.6 Å². The van der Waals surface area contributed by atoms with Crippen molar-refractivity contribution in [2.75, 3.05) is 0 Å². The maximum absolute atomic E-state index is 12.8. The van der Waals surface area contributed by atoms with Crippen LogP contribution >= 0.6 is 0 Å². The third kappa shape index (κ3) is 1.25. The van der Waals surface area contributed by atoms with Crippen LogP contribution in [-0.2, 0) is 0 Å². The summed E-state index contributed by atoms with van der Waals surface area (Å²) >= 11 is 0. The lowest BCUT2D eigenvalue weighted by Gasteiger charge is -2.01. The normalized spacial score (nSPS) is 9.50. The van der Waals surface area contributed by atoms with E-state index < -0.39 is 5.82 Å². The van der Waals surface area contributed by atoms with Crippen molar-refractivity contribution >= 4 is 12.6 Å². The summed E-state index contributed by atoms with van der Waals surface area (Å²) in [7, 11) is 0. The Morgan fingerprint density at radius 2 is 1.92 bits per heavy atom. The van der Waals surface area contributed by atoms with Crippen LogP contribution in [0.5, 0.6) is 0 Å². The van der Waals surface area contributed by atoms with Gasteiger partial charge in [-0.25, -0.2) is 4.39 Å². The van der Waals surface area contributed by atoms with E-state index >= 15 is 0 Å². The smallest absolute Gasteiger partial charge is 0.151 e. The number of rotatable bonds is 2. The van der Waals surface area contributed by atoms with Gasteiger partial charge in [-0.05, 0) is 24.6 Å². The maximum atomic E-state index is 12.8. The molecule has 0 unspecified atom stereocenters. The molecule has 0 atom stereocenters. The van der Waals surface area contributed by atoms with Gasteiger partial charge in [0.1, 0.15) is 5.82 Å². The number of halogens is 1. The second-order valence-corrected chi connectivity index (χ2v) is 2.41. The minimum absolute atomic E-state index is 0.130. The zero-order valence-electron chi connectivity index (χ0n) is 6.50. The molecule has 1 aromatic rings. The van der Waals surface area contributed by atoms with Gasteiger partial charge >= 0.3 is 0 Å². The molecule has 0 saturated heterocycles. The van der Waals surface area contributed by atoms with Crippen LogP contribution in [0.1, 0.15) is 26.3 Å². The lowest BCUT2D eigenvalue weighted by Crippen LogP contribution is -1.97. The molecule has 0 aliphatic carbocycles. The summed E-state index contributed by atoms with van der Waals surface area (Å²) in [5, 5.41) is 0. The molecule has 0 spiro atoms. The number of aldehydes is 2. The van der Waals surface area contributed by atoms with Crippen molar-refractivity contribution in [1.29, 1.82) is 0 Å². The molecular weight excluding hydrogens is 159 g/mol. The molecule has 0 fully saturated rings. The largest absolute Gasteiger partial charge is 0.298 e. The Kier molecular flexibility index (Phi) is 2.33. The molecule has 0 aliphatic rings. The zero-order valence-corrected chi connectivity index (χ0v) is 6.50. The Hall–Kier alpha value is -1.51. The first-order valence-electron chi connectivity index (χ1n) is 3.40. The fourth-order valence-corrected chi connectivity index (χ4v) is 0.982. The van der Waals surface area contributed by atoms with E-state index in [2.05, 4.69) is 0 Å². The molecule has 1 rings (SSSR count). The molecule has 1 aromatic carbocycles. The first kappa shape index (κ1) is 8.59. The molecule has 0 bridgehead atoms. The fourth-order valence-electron chi connectivity index (χ4n) is 0.982. The van der Waals surface area contributed by atoms with Crippen molar-refractivity contribution in [2.24, 2.45) is 0 Å². The lowest BCUT2D eigenvalue weighted by molar-refractivity contribution is 0.109. The molecule has 0 N–H and O–H groups in total. The van der Waals surface area contributed by atoms with Gasteiger partial charge in [0.25, 0.3) is 0 Å². The van der Waals surface area contributed by atoms with E-state index in [-0.39, 0.29) is 16.7 Å². The van der Waals surface area contributed by atoms with Crippen molar-refractivity contribution in [3.63, 3.8) is 0 Å². The van der Waals surface area contributed by atoms with E-state index in [9.17, 15) is 14.0 Å². The maximum Gasteiger partial charge on any atom is 0.151 e. The number of carbonyl (C=O) groups excluding carboxylic acids is 2. The highest BCUT2D eigenvalue weighted by atomic mass is 19.1. The average molecular weight is 166 g/mol. The highest BCUT2D eigenvalue weighted by Crippen LogP contribution is 2.13. The molecule has 0 radical (unpaired) electrons. The third-order valence-electron chi connectivity index (χ3n) is 1.73. The van der Waals surface area contributed by atoms with Gasteiger partial charge in [-0.3, -0.25) is 9.59 Å². The Morgan fingerprint density at radius 1 is 1.25 bits per heavy atom. The summed E-state index contributed by atoms with van der Waals surface area (Å²) in [4.78, 5) is 20.8. The van der Waals surface area contributed by atoms with Gasteiger partial charge in [-0.2, -0.15) is 0 Å². The standard InChI is InChI=1S/C9H7FO2/c1-6-8(5-12)7(4-11)2-3-9(6)10/h2-5H,1H3. The van der Waals surface area contributed by atoms with E-state index in [1.165, 1.54) is 19.1 Å². The van der Waals surface area contributed by atoms with E-state index in [4.69, 9.17) is 0 Å². The lowest BCUT2D eigenvalue weighted by atomic mass is 10.0. The predicted octanol–water partition coefficient (Wildman–Crippen LogP) is 1.76. The van der Waals surface area contributed by atoms with Crippen LogP contribution in [0.25, 0.3) is 0 Å². The van der Waals surface area contributed by atoms with Crippen molar-refractivity contribution in [3.05, 3.63) is 34.6 Å². The van der Waals surface area contributed by atoms with E-state index in [0.717, 1.165) is 0 Å². The first-order chi connectivity index (χ1) is 5.70. The number of hydrogen-bond acceptors (Lipinski definition) is 2. The fraction of sp³-hybridized carbons (Fsp3) is 0.111. The van der Waals surface area contributed by atoms with Crippen LogP contribution in [0, 0.1) is 12.7 Å². The quantitative estimate of drug-likeness (QED) is 0.627. The predicted molar refractivity (Wildman–Crippen MR) is 41.9 cm³/mol. The first-order valence-corrected chi connectivity index (χ1v) is 3.40. The van der Waals surface area contributed by atoms with Gasteiger partial charge in [0, 0.05) is 11.1 Å². The van der Waals surface area contributed by atoms with E-state index in [0.29, 0.717) is 12.6 Å². The van der Waals surface area contributed by atoms with Crippen LogP contribution in [-0.4, -0.2) is 12.6 Å². The minimum Gasteiger partial charge on any atom is -0.298 e. The Morgan fingerprint density at radius 3 is 2.42 bits per heavy atom. The molecular formula is C9H7FO2. The molecule has 0 saturated carbocycles. The molecule has 0 aromatic heterocycles.